The lowest BCUT2D eigenvalue weighted by Gasteiger charge is -2.21. The van der Waals surface area contributed by atoms with E-state index in [9.17, 15) is 4.79 Å². The van der Waals surface area contributed by atoms with E-state index in [1.165, 1.54) is 4.90 Å². The first-order chi connectivity index (χ1) is 10.8. The summed E-state index contributed by atoms with van der Waals surface area (Å²) < 4.78 is 15.6. The zero-order valence-electron chi connectivity index (χ0n) is 12.4. The van der Waals surface area contributed by atoms with E-state index in [1.807, 2.05) is 0 Å². The Labute approximate surface area is 130 Å². The van der Waals surface area contributed by atoms with Crippen LogP contribution in [-0.2, 0) is 9.47 Å². The zero-order valence-corrected chi connectivity index (χ0v) is 12.4. The van der Waals surface area contributed by atoms with Crippen molar-refractivity contribution in [3.63, 3.8) is 0 Å². The highest BCUT2D eigenvalue weighted by atomic mass is 16.6. The molecule has 0 aliphatic carbocycles. The van der Waals surface area contributed by atoms with Crippen LogP contribution in [0.25, 0.3) is 0 Å². The molecule has 0 saturated heterocycles. The summed E-state index contributed by atoms with van der Waals surface area (Å²) in [6.45, 7) is 1.53. The molecule has 0 atom stereocenters. The van der Waals surface area contributed by atoms with Crippen LogP contribution in [0.15, 0.2) is 24.3 Å². The Balaban J connectivity index is 2.45. The van der Waals surface area contributed by atoms with E-state index >= 15 is 0 Å². The van der Waals surface area contributed by atoms with Gasteiger partial charge in [-0.05, 0) is 18.2 Å². The summed E-state index contributed by atoms with van der Waals surface area (Å²) in [6, 6.07) is 9.43. The van der Waals surface area contributed by atoms with Crippen molar-refractivity contribution in [1.29, 1.82) is 0 Å². The van der Waals surface area contributed by atoms with E-state index < -0.39 is 6.09 Å². The summed E-state index contributed by atoms with van der Waals surface area (Å²) >= 11 is 0. The Hall–Kier alpha value is -1.67. The quantitative estimate of drug-likeness (QED) is 0.572. The number of ether oxygens (including phenoxy) is 3. The minimum Gasteiger partial charge on any atom is -0.410 e. The molecule has 1 aromatic rings. The fourth-order valence-electron chi connectivity index (χ4n) is 1.58. The average molecular weight is 312 g/mol. The van der Waals surface area contributed by atoms with Crippen molar-refractivity contribution in [2.24, 2.45) is 0 Å². The van der Waals surface area contributed by atoms with E-state index in [0.29, 0.717) is 18.8 Å². The van der Waals surface area contributed by atoms with Crippen LogP contribution in [0.5, 0.6) is 5.75 Å². The number of nitrogens with zero attached hydrogens (tertiary/aromatic N) is 1. The van der Waals surface area contributed by atoms with E-state index in [1.54, 1.807) is 24.3 Å². The van der Waals surface area contributed by atoms with Crippen LogP contribution in [0.3, 0.4) is 0 Å². The molecule has 123 valence electrons. The van der Waals surface area contributed by atoms with Gasteiger partial charge in [-0.15, -0.1) is 0 Å². The molecule has 0 saturated carbocycles. The predicted octanol–water partition coefficient (Wildman–Crippen LogP) is 0.305. The van der Waals surface area contributed by atoms with Crippen molar-refractivity contribution < 1.29 is 29.2 Å². The van der Waals surface area contributed by atoms with E-state index in [0.717, 1.165) is 0 Å². The predicted molar refractivity (Wildman–Crippen MR) is 78.7 cm³/mol. The summed E-state index contributed by atoms with van der Waals surface area (Å²) in [4.78, 5) is 13.6. The molecule has 1 radical (unpaired) electrons. The molecule has 0 aliphatic rings. The third-order valence-electron chi connectivity index (χ3n) is 2.63. The van der Waals surface area contributed by atoms with Crippen LogP contribution >= 0.6 is 0 Å². The van der Waals surface area contributed by atoms with Gasteiger partial charge in [0.25, 0.3) is 0 Å². The number of carbonyl (C=O) groups is 1. The molecule has 7 nitrogen and oxygen atoms in total. The van der Waals surface area contributed by atoms with Gasteiger partial charge in [0.2, 0.25) is 0 Å². The van der Waals surface area contributed by atoms with Gasteiger partial charge in [0.05, 0.1) is 39.6 Å². The van der Waals surface area contributed by atoms with Crippen molar-refractivity contribution in [1.82, 2.24) is 4.90 Å². The Bertz CT molecular complexity index is 388. The smallest absolute Gasteiger partial charge is 0.410 e. The molecule has 0 spiro atoms. The number of aliphatic hydroxyl groups excluding tert-OH is 2. The Morgan fingerprint density at radius 3 is 2.05 bits per heavy atom. The first-order valence-electron chi connectivity index (χ1n) is 7.08. The minimum atomic E-state index is -0.508. The van der Waals surface area contributed by atoms with Crippen LogP contribution in [0.1, 0.15) is 0 Å². The van der Waals surface area contributed by atoms with Gasteiger partial charge < -0.3 is 29.3 Å². The Morgan fingerprint density at radius 2 is 1.55 bits per heavy atom. The van der Waals surface area contributed by atoms with Crippen molar-refractivity contribution in [2.75, 3.05) is 52.7 Å². The normalized spacial score (nSPS) is 10.5. The Morgan fingerprint density at radius 1 is 1.00 bits per heavy atom. The maximum absolute atomic E-state index is 12.1. The van der Waals surface area contributed by atoms with Gasteiger partial charge in [0, 0.05) is 13.1 Å². The van der Waals surface area contributed by atoms with E-state index in [2.05, 4.69) is 6.07 Å². The highest BCUT2D eigenvalue weighted by molar-refractivity contribution is 5.70. The van der Waals surface area contributed by atoms with Crippen molar-refractivity contribution in [3.05, 3.63) is 30.3 Å². The SMILES string of the molecule is O=C(Oc1cc[c]cc1)N(CCOCCO)CCOCCO. The number of benzene rings is 1. The summed E-state index contributed by atoms with van der Waals surface area (Å²) in [5.74, 6) is 0.432. The second-order valence-corrected chi connectivity index (χ2v) is 4.26. The first-order valence-corrected chi connectivity index (χ1v) is 7.08. The number of amides is 1. The summed E-state index contributed by atoms with van der Waals surface area (Å²) in [7, 11) is 0. The molecule has 1 amide bonds. The molecule has 2 N–H and O–H groups in total. The topological polar surface area (TPSA) is 88.5 Å². The van der Waals surface area contributed by atoms with E-state index in [-0.39, 0.29) is 39.6 Å². The maximum atomic E-state index is 12.1. The second kappa shape index (κ2) is 11.9. The highest BCUT2D eigenvalue weighted by Crippen LogP contribution is 2.10. The van der Waals surface area contributed by atoms with Crippen LogP contribution in [0, 0.1) is 6.07 Å². The lowest BCUT2D eigenvalue weighted by molar-refractivity contribution is 0.0520. The monoisotopic (exact) mass is 312 g/mol. The summed E-state index contributed by atoms with van der Waals surface area (Å²) in [6.07, 6.45) is -0.508. The second-order valence-electron chi connectivity index (χ2n) is 4.26. The first kappa shape index (κ1) is 18.4. The van der Waals surface area contributed by atoms with Crippen LogP contribution in [0.2, 0.25) is 0 Å². The van der Waals surface area contributed by atoms with Crippen molar-refractivity contribution >= 4 is 6.09 Å². The lowest BCUT2D eigenvalue weighted by atomic mass is 10.3. The molecule has 0 bridgehead atoms. The number of aliphatic hydroxyl groups is 2. The number of rotatable bonds is 11. The largest absolute Gasteiger partial charge is 0.415 e. The molecule has 7 heteroatoms. The highest BCUT2D eigenvalue weighted by Gasteiger charge is 2.15. The van der Waals surface area contributed by atoms with Gasteiger partial charge >= 0.3 is 6.09 Å². The third-order valence-corrected chi connectivity index (χ3v) is 2.63. The fraction of sp³-hybridized carbons (Fsp3) is 0.533. The van der Waals surface area contributed by atoms with E-state index in [4.69, 9.17) is 24.4 Å². The Kier molecular flexibility index (Phi) is 9.97. The summed E-state index contributed by atoms with van der Waals surface area (Å²) in [5.41, 5.74) is 0. The molecular weight excluding hydrogens is 290 g/mol. The van der Waals surface area contributed by atoms with Crippen LogP contribution in [-0.4, -0.2) is 73.9 Å². The molecule has 0 fully saturated rings. The van der Waals surface area contributed by atoms with Crippen molar-refractivity contribution in [2.45, 2.75) is 0 Å². The van der Waals surface area contributed by atoms with Crippen LogP contribution in [0.4, 0.5) is 4.79 Å². The molecule has 0 unspecified atom stereocenters. The number of carbonyl (C=O) groups excluding carboxylic acids is 1. The van der Waals surface area contributed by atoms with Gasteiger partial charge in [0.1, 0.15) is 5.75 Å². The fourth-order valence-corrected chi connectivity index (χ4v) is 1.58. The van der Waals surface area contributed by atoms with Crippen LogP contribution < -0.4 is 4.74 Å². The molecule has 22 heavy (non-hydrogen) atoms. The number of hydrogen-bond donors (Lipinski definition) is 2. The molecule has 1 rings (SSSR count). The van der Waals surface area contributed by atoms with Gasteiger partial charge in [-0.2, -0.15) is 0 Å². The molecule has 0 heterocycles. The molecule has 0 aliphatic heterocycles. The van der Waals surface area contributed by atoms with Gasteiger partial charge in [0.15, 0.2) is 0 Å². The lowest BCUT2D eigenvalue weighted by Crippen LogP contribution is -2.38. The maximum Gasteiger partial charge on any atom is 0.415 e. The molecule has 0 aromatic heterocycles. The average Bonchev–Trinajstić information content (AvgIpc) is 2.54. The summed E-state index contributed by atoms with van der Waals surface area (Å²) in [5, 5.41) is 17.3. The standard InChI is InChI=1S/C15H22NO6/c17-8-12-20-10-6-16(7-11-21-13-9-18)15(19)22-14-4-2-1-3-5-14/h2-5,17-18H,6-13H2. The minimum absolute atomic E-state index is 0.0649. The van der Waals surface area contributed by atoms with Gasteiger partial charge in [-0.25, -0.2) is 4.79 Å². The third kappa shape index (κ3) is 7.94. The zero-order chi connectivity index (χ0) is 16.0. The van der Waals surface area contributed by atoms with Gasteiger partial charge in [-0.3, -0.25) is 0 Å². The number of hydrogen-bond acceptors (Lipinski definition) is 6. The molecule has 1 aromatic carbocycles. The molecular formula is C15H22NO6. The van der Waals surface area contributed by atoms with Gasteiger partial charge in [-0.1, -0.05) is 12.1 Å². The van der Waals surface area contributed by atoms with Crippen molar-refractivity contribution in [3.8, 4) is 5.75 Å².